The van der Waals surface area contributed by atoms with E-state index in [1.165, 1.54) is 11.3 Å². The first-order valence-corrected chi connectivity index (χ1v) is 7.14. The van der Waals surface area contributed by atoms with Gasteiger partial charge in [0, 0.05) is 0 Å². The van der Waals surface area contributed by atoms with Crippen molar-refractivity contribution in [2.75, 3.05) is 7.11 Å². The molecule has 3 aromatic rings. The molecule has 0 saturated carbocycles. The largest absolute Gasteiger partial charge is 0.497 e. The summed E-state index contributed by atoms with van der Waals surface area (Å²) in [5.41, 5.74) is 8.02. The van der Waals surface area contributed by atoms with Crippen molar-refractivity contribution >= 4 is 27.5 Å². The third kappa shape index (κ3) is 2.15. The Labute approximate surface area is 125 Å². The molecule has 0 atom stereocenters. The molecule has 6 nitrogen and oxygen atoms in total. The summed E-state index contributed by atoms with van der Waals surface area (Å²) in [5.74, 6) is 0.308. The Bertz CT molecular complexity index is 850. The van der Waals surface area contributed by atoms with Gasteiger partial charge in [-0.25, -0.2) is 9.67 Å². The molecule has 0 unspecified atom stereocenters. The van der Waals surface area contributed by atoms with Crippen LogP contribution in [0.25, 0.3) is 15.3 Å². The lowest BCUT2D eigenvalue weighted by atomic mass is 10.2. The third-order valence-corrected chi connectivity index (χ3v) is 4.30. The van der Waals surface area contributed by atoms with Crippen LogP contribution >= 0.6 is 11.3 Å². The van der Waals surface area contributed by atoms with Crippen molar-refractivity contribution in [1.82, 2.24) is 14.8 Å². The van der Waals surface area contributed by atoms with Gasteiger partial charge in [0.2, 0.25) is 5.13 Å². The molecule has 1 amide bonds. The zero-order valence-electron chi connectivity index (χ0n) is 11.9. The maximum absolute atomic E-state index is 11.5. The Morgan fingerprint density at radius 1 is 1.38 bits per heavy atom. The average Bonchev–Trinajstić information content (AvgIpc) is 2.98. The molecule has 2 aromatic heterocycles. The van der Waals surface area contributed by atoms with Gasteiger partial charge >= 0.3 is 0 Å². The first-order chi connectivity index (χ1) is 10.0. The number of hydrogen-bond acceptors (Lipinski definition) is 5. The Morgan fingerprint density at radius 3 is 2.76 bits per heavy atom. The maximum Gasteiger partial charge on any atom is 0.252 e. The summed E-state index contributed by atoms with van der Waals surface area (Å²) in [7, 11) is 1.63. The summed E-state index contributed by atoms with van der Waals surface area (Å²) in [6.45, 7) is 3.58. The van der Waals surface area contributed by atoms with Gasteiger partial charge in [-0.2, -0.15) is 5.10 Å². The van der Waals surface area contributed by atoms with Crippen LogP contribution in [-0.2, 0) is 0 Å². The van der Waals surface area contributed by atoms with Crippen LogP contribution in [0.5, 0.6) is 5.75 Å². The fourth-order valence-corrected chi connectivity index (χ4v) is 3.29. The molecular weight excluding hydrogens is 288 g/mol. The summed E-state index contributed by atoms with van der Waals surface area (Å²) < 4.78 is 7.87. The molecule has 3 rings (SSSR count). The lowest BCUT2D eigenvalue weighted by Gasteiger charge is -1.98. The van der Waals surface area contributed by atoms with Crippen molar-refractivity contribution in [2.45, 2.75) is 13.8 Å². The van der Waals surface area contributed by atoms with Gasteiger partial charge in [0.1, 0.15) is 5.75 Å². The molecule has 0 aliphatic carbocycles. The van der Waals surface area contributed by atoms with E-state index in [9.17, 15) is 4.79 Å². The highest BCUT2D eigenvalue weighted by Crippen LogP contribution is 2.29. The minimum atomic E-state index is -0.473. The number of hydrogen-bond donors (Lipinski definition) is 1. The molecule has 0 spiro atoms. The van der Waals surface area contributed by atoms with E-state index in [-0.39, 0.29) is 0 Å². The van der Waals surface area contributed by atoms with E-state index in [1.807, 2.05) is 25.1 Å². The van der Waals surface area contributed by atoms with Gasteiger partial charge < -0.3 is 10.5 Å². The number of thiazole rings is 1. The molecule has 0 saturated heterocycles. The minimum absolute atomic E-state index is 0.451. The van der Waals surface area contributed by atoms with Crippen molar-refractivity contribution < 1.29 is 9.53 Å². The van der Waals surface area contributed by atoms with Gasteiger partial charge in [-0.3, -0.25) is 4.79 Å². The predicted octanol–water partition coefficient (Wildman–Crippen LogP) is 2.21. The normalized spacial score (nSPS) is 11.0. The average molecular weight is 302 g/mol. The fraction of sp³-hybridized carbons (Fsp3) is 0.214. The third-order valence-electron chi connectivity index (χ3n) is 3.30. The van der Waals surface area contributed by atoms with Crippen molar-refractivity contribution in [3.05, 3.63) is 35.2 Å². The zero-order valence-corrected chi connectivity index (χ0v) is 12.7. The minimum Gasteiger partial charge on any atom is -0.497 e. The van der Waals surface area contributed by atoms with E-state index < -0.39 is 5.91 Å². The highest BCUT2D eigenvalue weighted by molar-refractivity contribution is 7.20. The topological polar surface area (TPSA) is 83.0 Å². The van der Waals surface area contributed by atoms with Gasteiger partial charge in [0.15, 0.2) is 0 Å². The summed E-state index contributed by atoms with van der Waals surface area (Å²) in [6.07, 6.45) is 0. The van der Waals surface area contributed by atoms with Crippen LogP contribution < -0.4 is 10.5 Å². The second-order valence-electron chi connectivity index (χ2n) is 4.65. The first-order valence-electron chi connectivity index (χ1n) is 6.32. The number of aryl methyl sites for hydroxylation is 1. The lowest BCUT2D eigenvalue weighted by molar-refractivity contribution is 0.0999. The highest BCUT2D eigenvalue weighted by Gasteiger charge is 2.19. The molecule has 0 aliphatic rings. The molecule has 21 heavy (non-hydrogen) atoms. The van der Waals surface area contributed by atoms with E-state index in [2.05, 4.69) is 10.1 Å². The Morgan fingerprint density at radius 2 is 2.14 bits per heavy atom. The van der Waals surface area contributed by atoms with Crippen LogP contribution in [0.2, 0.25) is 0 Å². The summed E-state index contributed by atoms with van der Waals surface area (Å²) in [4.78, 5) is 16.0. The maximum atomic E-state index is 11.5. The van der Waals surface area contributed by atoms with Crippen molar-refractivity contribution in [3.63, 3.8) is 0 Å². The van der Waals surface area contributed by atoms with Crippen molar-refractivity contribution in [3.8, 4) is 10.9 Å². The number of primary amides is 1. The number of nitrogens with zero attached hydrogens (tertiary/aromatic N) is 3. The number of benzene rings is 1. The molecule has 2 heterocycles. The number of ether oxygens (including phenoxy) is 1. The second-order valence-corrected chi connectivity index (χ2v) is 5.66. The SMILES string of the molecule is COc1ccc2nc(-n3nc(C)c(C(N)=O)c3C)sc2c1. The van der Waals surface area contributed by atoms with Gasteiger partial charge in [0.05, 0.1) is 34.3 Å². The molecule has 0 radical (unpaired) electrons. The smallest absolute Gasteiger partial charge is 0.252 e. The van der Waals surface area contributed by atoms with Crippen LogP contribution in [0.4, 0.5) is 0 Å². The second kappa shape index (κ2) is 4.85. The fourth-order valence-electron chi connectivity index (χ4n) is 2.30. The number of nitrogens with two attached hydrogens (primary N) is 1. The highest BCUT2D eigenvalue weighted by atomic mass is 32.1. The molecule has 7 heteroatoms. The lowest BCUT2D eigenvalue weighted by Crippen LogP contribution is -2.13. The van der Waals surface area contributed by atoms with Crippen LogP contribution in [0, 0.1) is 13.8 Å². The van der Waals surface area contributed by atoms with E-state index in [0.717, 1.165) is 16.0 Å². The van der Waals surface area contributed by atoms with Crippen LogP contribution in [-0.4, -0.2) is 27.8 Å². The van der Waals surface area contributed by atoms with Gasteiger partial charge in [-0.1, -0.05) is 11.3 Å². The van der Waals surface area contributed by atoms with E-state index in [0.29, 0.717) is 22.1 Å². The Kier molecular flexibility index (Phi) is 3.13. The Balaban J connectivity index is 2.17. The predicted molar refractivity (Wildman–Crippen MR) is 81.3 cm³/mol. The van der Waals surface area contributed by atoms with Gasteiger partial charge in [-0.05, 0) is 32.0 Å². The molecule has 108 valence electrons. The molecule has 0 bridgehead atoms. The standard InChI is InChI=1S/C14H14N4O2S/c1-7-12(13(15)19)8(2)18(17-7)14-16-10-5-4-9(20-3)6-11(10)21-14/h4-6H,1-3H3,(H2,15,19). The number of aromatic nitrogens is 3. The van der Waals surface area contributed by atoms with Crippen LogP contribution in [0.15, 0.2) is 18.2 Å². The van der Waals surface area contributed by atoms with E-state index >= 15 is 0 Å². The molecule has 2 N–H and O–H groups in total. The number of carbonyl (C=O) groups excluding carboxylic acids is 1. The van der Waals surface area contributed by atoms with Crippen molar-refractivity contribution in [2.24, 2.45) is 5.73 Å². The monoisotopic (exact) mass is 302 g/mol. The quantitative estimate of drug-likeness (QED) is 0.804. The molecule has 0 aliphatic heterocycles. The number of rotatable bonds is 3. The van der Waals surface area contributed by atoms with Gasteiger partial charge in [-0.15, -0.1) is 0 Å². The number of amides is 1. The number of methoxy groups -OCH3 is 1. The summed E-state index contributed by atoms with van der Waals surface area (Å²) in [6, 6.07) is 5.69. The van der Waals surface area contributed by atoms with Gasteiger partial charge in [0.25, 0.3) is 5.91 Å². The molecular formula is C14H14N4O2S. The van der Waals surface area contributed by atoms with Crippen LogP contribution in [0.1, 0.15) is 21.7 Å². The van der Waals surface area contributed by atoms with E-state index in [4.69, 9.17) is 10.5 Å². The number of carbonyl (C=O) groups is 1. The first kappa shape index (κ1) is 13.6. The zero-order chi connectivity index (χ0) is 15.1. The Hall–Kier alpha value is -2.41. The molecule has 1 aromatic carbocycles. The van der Waals surface area contributed by atoms with E-state index in [1.54, 1.807) is 18.7 Å². The number of fused-ring (bicyclic) bond motifs is 1. The summed E-state index contributed by atoms with van der Waals surface area (Å²) in [5, 5.41) is 5.07. The van der Waals surface area contributed by atoms with Crippen LogP contribution in [0.3, 0.4) is 0 Å². The molecule has 0 fully saturated rings. The van der Waals surface area contributed by atoms with Crippen molar-refractivity contribution in [1.29, 1.82) is 0 Å². The summed E-state index contributed by atoms with van der Waals surface area (Å²) >= 11 is 1.49.